The molecule has 7 heteroatoms. The van der Waals surface area contributed by atoms with E-state index in [4.69, 9.17) is 13.9 Å². The third-order valence-corrected chi connectivity index (χ3v) is 9.02. The van der Waals surface area contributed by atoms with E-state index in [0.29, 0.717) is 6.42 Å². The van der Waals surface area contributed by atoms with E-state index in [9.17, 15) is 9.59 Å². The first kappa shape index (κ1) is 23.9. The van der Waals surface area contributed by atoms with Crippen molar-refractivity contribution in [1.29, 1.82) is 0 Å². The molecule has 6 nitrogen and oxygen atoms in total. The van der Waals surface area contributed by atoms with E-state index < -0.39 is 20.0 Å². The SMILES string of the molecule is COC(=O)CC[C@H](NC(=O)OC(C)(C)C)[C@H](C)O[Si](C)(C)C(C)(C)C. The van der Waals surface area contributed by atoms with E-state index in [2.05, 4.69) is 39.2 Å². The largest absolute Gasteiger partial charge is 0.469 e. The average Bonchev–Trinajstić information content (AvgIpc) is 2.38. The number of amides is 1. The Morgan fingerprint density at radius 2 is 1.60 bits per heavy atom. The minimum atomic E-state index is -2.00. The molecule has 0 aliphatic heterocycles. The Hall–Kier alpha value is -1.08. The molecule has 0 aromatic rings. The fraction of sp³-hybridized carbons (Fsp3) is 0.889. The van der Waals surface area contributed by atoms with E-state index in [0.717, 1.165) is 0 Å². The lowest BCUT2D eigenvalue weighted by Gasteiger charge is -2.40. The number of methoxy groups -OCH3 is 1. The zero-order valence-corrected chi connectivity index (χ0v) is 18.6. The van der Waals surface area contributed by atoms with Crippen LogP contribution in [0.25, 0.3) is 0 Å². The highest BCUT2D eigenvalue weighted by Crippen LogP contribution is 2.37. The molecule has 0 aromatic carbocycles. The summed E-state index contributed by atoms with van der Waals surface area (Å²) in [4.78, 5) is 23.7. The highest BCUT2D eigenvalue weighted by atomic mass is 28.4. The van der Waals surface area contributed by atoms with Crippen LogP contribution in [0.15, 0.2) is 0 Å². The zero-order valence-electron chi connectivity index (χ0n) is 17.6. The molecular weight excluding hydrogens is 338 g/mol. The van der Waals surface area contributed by atoms with Crippen LogP contribution < -0.4 is 5.32 Å². The molecule has 0 saturated heterocycles. The molecule has 0 fully saturated rings. The first-order valence-corrected chi connectivity index (χ1v) is 11.7. The van der Waals surface area contributed by atoms with E-state index in [1.807, 2.05) is 27.7 Å². The monoisotopic (exact) mass is 375 g/mol. The van der Waals surface area contributed by atoms with E-state index >= 15 is 0 Å². The molecule has 0 unspecified atom stereocenters. The van der Waals surface area contributed by atoms with Crippen LogP contribution in [-0.4, -0.2) is 45.2 Å². The third kappa shape index (κ3) is 9.25. The molecular formula is C18H37NO5Si. The van der Waals surface area contributed by atoms with Crippen LogP contribution in [0.2, 0.25) is 18.1 Å². The predicted octanol–water partition coefficient (Wildman–Crippen LogP) is 4.24. The number of esters is 1. The number of rotatable bonds is 7. The predicted molar refractivity (Wildman–Crippen MR) is 102 cm³/mol. The number of nitrogens with one attached hydrogen (secondary N) is 1. The fourth-order valence-electron chi connectivity index (χ4n) is 1.98. The van der Waals surface area contributed by atoms with Gasteiger partial charge in [0.2, 0.25) is 0 Å². The molecule has 0 heterocycles. The quantitative estimate of drug-likeness (QED) is 0.532. The molecule has 0 aliphatic carbocycles. The molecule has 25 heavy (non-hydrogen) atoms. The van der Waals surface area contributed by atoms with Crippen molar-refractivity contribution in [2.24, 2.45) is 0 Å². The van der Waals surface area contributed by atoms with Crippen LogP contribution in [0.4, 0.5) is 4.79 Å². The van der Waals surface area contributed by atoms with Crippen LogP contribution in [0.1, 0.15) is 61.3 Å². The van der Waals surface area contributed by atoms with Crippen molar-refractivity contribution in [3.8, 4) is 0 Å². The third-order valence-electron chi connectivity index (χ3n) is 4.44. The summed E-state index contributed by atoms with van der Waals surface area (Å²) < 4.78 is 16.4. The summed E-state index contributed by atoms with van der Waals surface area (Å²) in [6.45, 7) is 18.2. The summed E-state index contributed by atoms with van der Waals surface area (Å²) >= 11 is 0. The topological polar surface area (TPSA) is 73.9 Å². The Morgan fingerprint density at radius 3 is 2.00 bits per heavy atom. The van der Waals surface area contributed by atoms with Gasteiger partial charge >= 0.3 is 12.1 Å². The maximum Gasteiger partial charge on any atom is 0.407 e. The minimum absolute atomic E-state index is 0.0556. The number of hydrogen-bond acceptors (Lipinski definition) is 5. The van der Waals surface area contributed by atoms with Crippen LogP contribution in [-0.2, 0) is 18.7 Å². The van der Waals surface area contributed by atoms with Gasteiger partial charge in [0.1, 0.15) is 5.60 Å². The smallest absolute Gasteiger partial charge is 0.407 e. The Kier molecular flexibility index (Phi) is 8.64. The summed E-state index contributed by atoms with van der Waals surface area (Å²) in [5.41, 5.74) is -0.583. The molecule has 1 N–H and O–H groups in total. The highest BCUT2D eigenvalue weighted by Gasteiger charge is 2.40. The van der Waals surface area contributed by atoms with Crippen molar-refractivity contribution in [2.45, 2.75) is 97.2 Å². The van der Waals surface area contributed by atoms with Crippen LogP contribution in [0.3, 0.4) is 0 Å². The summed E-state index contributed by atoms with van der Waals surface area (Å²) in [5.74, 6) is -0.310. The molecule has 2 atom stereocenters. The normalized spacial score (nSPS) is 15.3. The van der Waals surface area contributed by atoms with Gasteiger partial charge in [0.25, 0.3) is 0 Å². The van der Waals surface area contributed by atoms with Gasteiger partial charge in [-0.1, -0.05) is 20.8 Å². The zero-order chi connectivity index (χ0) is 20.1. The van der Waals surface area contributed by atoms with Gasteiger partial charge in [0, 0.05) is 6.42 Å². The van der Waals surface area contributed by atoms with Crippen molar-refractivity contribution in [2.75, 3.05) is 7.11 Å². The Bertz CT molecular complexity index is 451. The molecule has 0 aromatic heterocycles. The molecule has 0 saturated carbocycles. The Morgan fingerprint density at radius 1 is 1.08 bits per heavy atom. The lowest BCUT2D eigenvalue weighted by atomic mass is 10.1. The van der Waals surface area contributed by atoms with Crippen molar-refractivity contribution in [3.63, 3.8) is 0 Å². The van der Waals surface area contributed by atoms with Crippen molar-refractivity contribution in [3.05, 3.63) is 0 Å². The second-order valence-electron chi connectivity index (χ2n) is 8.95. The molecule has 0 radical (unpaired) electrons. The summed E-state index contributed by atoms with van der Waals surface area (Å²) in [6, 6.07) is -0.330. The maximum absolute atomic E-state index is 12.2. The lowest BCUT2D eigenvalue weighted by Crippen LogP contribution is -2.51. The van der Waals surface area contributed by atoms with E-state index in [-0.39, 0.29) is 29.6 Å². The van der Waals surface area contributed by atoms with Gasteiger partial charge in [-0.25, -0.2) is 4.79 Å². The molecule has 0 spiro atoms. The number of ether oxygens (including phenoxy) is 2. The molecule has 148 valence electrons. The highest BCUT2D eigenvalue weighted by molar-refractivity contribution is 6.74. The lowest BCUT2D eigenvalue weighted by molar-refractivity contribution is -0.140. The average molecular weight is 376 g/mol. The van der Waals surface area contributed by atoms with Gasteiger partial charge < -0.3 is 19.2 Å². The summed E-state index contributed by atoms with van der Waals surface area (Å²) in [6.07, 6.45) is -0.102. The number of hydrogen-bond donors (Lipinski definition) is 1. The minimum Gasteiger partial charge on any atom is -0.469 e. The second kappa shape index (κ2) is 9.03. The van der Waals surface area contributed by atoms with Crippen LogP contribution in [0.5, 0.6) is 0 Å². The van der Waals surface area contributed by atoms with Gasteiger partial charge in [-0.3, -0.25) is 4.79 Å². The van der Waals surface area contributed by atoms with E-state index in [1.54, 1.807) is 0 Å². The molecule has 1 amide bonds. The van der Waals surface area contributed by atoms with Crippen molar-refractivity contribution in [1.82, 2.24) is 5.32 Å². The van der Waals surface area contributed by atoms with Crippen LogP contribution in [0, 0.1) is 0 Å². The van der Waals surface area contributed by atoms with Crippen molar-refractivity contribution < 1.29 is 23.5 Å². The second-order valence-corrected chi connectivity index (χ2v) is 13.7. The summed E-state index contributed by atoms with van der Waals surface area (Å²) in [5, 5.41) is 2.91. The summed E-state index contributed by atoms with van der Waals surface area (Å²) in [7, 11) is -0.646. The van der Waals surface area contributed by atoms with Gasteiger partial charge in [-0.2, -0.15) is 0 Å². The number of alkyl carbamates (subject to hydrolysis) is 1. The first-order chi connectivity index (χ1) is 11.1. The number of carbonyl (C=O) groups excluding carboxylic acids is 2. The van der Waals surface area contributed by atoms with Gasteiger partial charge in [0.15, 0.2) is 8.32 Å². The van der Waals surface area contributed by atoms with E-state index in [1.165, 1.54) is 7.11 Å². The fourth-order valence-corrected chi connectivity index (χ4v) is 3.43. The van der Waals surface area contributed by atoms with Crippen LogP contribution >= 0.6 is 0 Å². The Balaban J connectivity index is 5.10. The maximum atomic E-state index is 12.2. The molecule has 0 rings (SSSR count). The molecule has 0 aliphatic rings. The standard InChI is InChI=1S/C18H37NO5Si/c1-13(24-25(9,10)18(5,6)7)14(11-12-15(20)22-8)19-16(21)23-17(2,3)4/h13-14H,11-12H2,1-10H3,(H,19,21)/t13-,14-/m0/s1. The van der Waals surface area contributed by atoms with Gasteiger partial charge in [-0.15, -0.1) is 0 Å². The van der Waals surface area contributed by atoms with Gasteiger partial charge in [-0.05, 0) is 52.2 Å². The molecule has 0 bridgehead atoms. The Labute approximate surface area is 154 Å². The number of carbonyl (C=O) groups is 2. The van der Waals surface area contributed by atoms with Gasteiger partial charge in [0.05, 0.1) is 19.3 Å². The van der Waals surface area contributed by atoms with Crippen molar-refractivity contribution >= 4 is 20.4 Å². The first-order valence-electron chi connectivity index (χ1n) is 8.83.